The van der Waals surface area contributed by atoms with Crippen LogP contribution in [0.3, 0.4) is 0 Å². The van der Waals surface area contributed by atoms with Gasteiger partial charge in [0.2, 0.25) is 0 Å². The second kappa shape index (κ2) is 6.31. The predicted molar refractivity (Wildman–Crippen MR) is 69.7 cm³/mol. The third kappa shape index (κ3) is 3.64. The Kier molecular flexibility index (Phi) is 4.72. The summed E-state index contributed by atoms with van der Waals surface area (Å²) in [5, 5.41) is 11.9. The number of nitrogens with one attached hydrogen (secondary N) is 1. The highest BCUT2D eigenvalue weighted by Gasteiger charge is 2.28. The summed E-state index contributed by atoms with van der Waals surface area (Å²) in [4.78, 5) is 0. The topological polar surface area (TPSA) is 45.0 Å². The van der Waals surface area contributed by atoms with E-state index in [0.29, 0.717) is 12.1 Å². The molecule has 1 saturated carbocycles. The van der Waals surface area contributed by atoms with Crippen LogP contribution in [0.4, 0.5) is 8.78 Å². The molecule has 1 N–H and O–H groups in total. The van der Waals surface area contributed by atoms with E-state index >= 15 is 0 Å². The number of benzene rings is 1. The minimum absolute atomic E-state index is 0.119. The molecule has 0 bridgehead atoms. The first-order chi connectivity index (χ1) is 9.10. The molecule has 3 nitrogen and oxygen atoms in total. The normalized spacial score (nSPS) is 21.8. The van der Waals surface area contributed by atoms with Crippen molar-refractivity contribution in [1.82, 2.24) is 5.32 Å². The van der Waals surface area contributed by atoms with E-state index in [-0.39, 0.29) is 17.7 Å². The largest absolute Gasteiger partial charge is 0.434 e. The van der Waals surface area contributed by atoms with Gasteiger partial charge in [0.1, 0.15) is 5.75 Å². The fourth-order valence-electron chi connectivity index (χ4n) is 2.05. The van der Waals surface area contributed by atoms with Gasteiger partial charge >= 0.3 is 6.61 Å². The van der Waals surface area contributed by atoms with Gasteiger partial charge in [-0.2, -0.15) is 14.0 Å². The lowest BCUT2D eigenvalue weighted by molar-refractivity contribution is -0.0505. The molecular formula is C13H13BrF2N2O. The highest BCUT2D eigenvalue weighted by Crippen LogP contribution is 2.30. The van der Waals surface area contributed by atoms with Crippen LogP contribution in [0.15, 0.2) is 22.7 Å². The molecule has 1 aromatic carbocycles. The molecule has 1 aromatic rings. The molecule has 1 aliphatic rings. The van der Waals surface area contributed by atoms with E-state index in [1.807, 2.05) is 0 Å². The Labute approximate surface area is 118 Å². The summed E-state index contributed by atoms with van der Waals surface area (Å²) in [6, 6.07) is 7.44. The van der Waals surface area contributed by atoms with Crippen LogP contribution in [0.1, 0.15) is 18.4 Å². The van der Waals surface area contributed by atoms with E-state index in [1.165, 1.54) is 6.07 Å². The zero-order chi connectivity index (χ0) is 13.8. The molecule has 0 saturated heterocycles. The lowest BCUT2D eigenvalue weighted by atomic mass is 9.81. The van der Waals surface area contributed by atoms with Crippen LogP contribution in [0.5, 0.6) is 5.75 Å². The molecule has 0 spiro atoms. The molecule has 0 aliphatic heterocycles. The maximum atomic E-state index is 12.3. The predicted octanol–water partition coefficient (Wildman–Crippen LogP) is 3.44. The highest BCUT2D eigenvalue weighted by atomic mass is 79.9. The summed E-state index contributed by atoms with van der Waals surface area (Å²) < 4.78 is 29.9. The van der Waals surface area contributed by atoms with E-state index in [9.17, 15) is 8.78 Å². The van der Waals surface area contributed by atoms with E-state index in [2.05, 4.69) is 32.1 Å². The van der Waals surface area contributed by atoms with Gasteiger partial charge in [-0.15, -0.1) is 0 Å². The monoisotopic (exact) mass is 330 g/mol. The molecule has 0 radical (unpaired) electrons. The smallest absolute Gasteiger partial charge is 0.387 e. The minimum Gasteiger partial charge on any atom is -0.434 e. The Balaban J connectivity index is 1.97. The minimum atomic E-state index is -2.83. The van der Waals surface area contributed by atoms with E-state index in [4.69, 9.17) is 5.26 Å². The van der Waals surface area contributed by atoms with Crippen molar-refractivity contribution in [2.75, 3.05) is 0 Å². The quantitative estimate of drug-likeness (QED) is 0.899. The average Bonchev–Trinajstić information content (AvgIpc) is 2.29. The molecule has 0 heterocycles. The molecular weight excluding hydrogens is 318 g/mol. The first-order valence-electron chi connectivity index (χ1n) is 5.95. The van der Waals surface area contributed by atoms with Gasteiger partial charge in [0, 0.05) is 28.5 Å². The van der Waals surface area contributed by atoms with Crippen molar-refractivity contribution >= 4 is 15.9 Å². The van der Waals surface area contributed by atoms with E-state index in [0.717, 1.165) is 17.3 Å². The van der Waals surface area contributed by atoms with Crippen molar-refractivity contribution in [3.8, 4) is 11.8 Å². The van der Waals surface area contributed by atoms with Gasteiger partial charge in [-0.3, -0.25) is 0 Å². The molecule has 0 atom stereocenters. The molecule has 1 aliphatic carbocycles. The summed E-state index contributed by atoms with van der Waals surface area (Å²) in [5.74, 6) is 0.293. The molecule has 0 aromatic heterocycles. The molecule has 0 amide bonds. The Hall–Kier alpha value is -1.19. The van der Waals surface area contributed by atoms with Crippen LogP contribution >= 0.6 is 15.9 Å². The number of rotatable bonds is 5. The fraction of sp³-hybridized carbons (Fsp3) is 0.462. The number of hydrogen-bond donors (Lipinski definition) is 1. The van der Waals surface area contributed by atoms with Crippen molar-refractivity contribution in [3.05, 3.63) is 28.2 Å². The Morgan fingerprint density at radius 1 is 1.47 bits per heavy atom. The second-order valence-electron chi connectivity index (χ2n) is 4.47. The first kappa shape index (κ1) is 14.2. The lowest BCUT2D eigenvalue weighted by Gasteiger charge is -2.31. The van der Waals surface area contributed by atoms with Gasteiger partial charge in [-0.25, -0.2) is 0 Å². The van der Waals surface area contributed by atoms with Crippen molar-refractivity contribution in [2.24, 2.45) is 5.92 Å². The van der Waals surface area contributed by atoms with Gasteiger partial charge in [-0.1, -0.05) is 22.0 Å². The number of alkyl halides is 2. The van der Waals surface area contributed by atoms with Crippen LogP contribution in [0.2, 0.25) is 0 Å². The van der Waals surface area contributed by atoms with Crippen molar-refractivity contribution in [1.29, 1.82) is 5.26 Å². The van der Waals surface area contributed by atoms with Crippen LogP contribution in [-0.2, 0) is 6.54 Å². The van der Waals surface area contributed by atoms with Gasteiger partial charge in [0.05, 0.1) is 6.07 Å². The van der Waals surface area contributed by atoms with Gasteiger partial charge < -0.3 is 10.1 Å². The molecule has 102 valence electrons. The van der Waals surface area contributed by atoms with Crippen molar-refractivity contribution < 1.29 is 13.5 Å². The third-order valence-electron chi connectivity index (χ3n) is 3.18. The van der Waals surface area contributed by atoms with Gasteiger partial charge in [-0.05, 0) is 25.0 Å². The summed E-state index contributed by atoms with van der Waals surface area (Å²) in [5.41, 5.74) is 0.670. The summed E-state index contributed by atoms with van der Waals surface area (Å²) in [6.07, 6.45) is 1.62. The fourth-order valence-corrected chi connectivity index (χ4v) is 2.54. The van der Waals surface area contributed by atoms with Crippen LogP contribution in [0.25, 0.3) is 0 Å². The number of nitriles is 1. The van der Waals surface area contributed by atoms with Crippen molar-refractivity contribution in [2.45, 2.75) is 32.0 Å². The zero-order valence-corrected chi connectivity index (χ0v) is 11.7. The van der Waals surface area contributed by atoms with Gasteiger partial charge in [0.25, 0.3) is 0 Å². The SMILES string of the molecule is N#CC1CC(NCc2c(Br)cccc2OC(F)F)C1. The first-order valence-corrected chi connectivity index (χ1v) is 6.74. The van der Waals surface area contributed by atoms with Crippen LogP contribution in [-0.4, -0.2) is 12.7 Å². The maximum Gasteiger partial charge on any atom is 0.387 e. The molecule has 1 fully saturated rings. The third-order valence-corrected chi connectivity index (χ3v) is 3.92. The van der Waals surface area contributed by atoms with E-state index < -0.39 is 6.61 Å². The molecule has 0 unspecified atom stereocenters. The summed E-state index contributed by atoms with van der Waals surface area (Å²) >= 11 is 3.34. The molecule has 6 heteroatoms. The highest BCUT2D eigenvalue weighted by molar-refractivity contribution is 9.10. The average molecular weight is 331 g/mol. The summed E-state index contributed by atoms with van der Waals surface area (Å²) in [7, 11) is 0. The van der Waals surface area contributed by atoms with Crippen LogP contribution < -0.4 is 10.1 Å². The lowest BCUT2D eigenvalue weighted by Crippen LogP contribution is -2.40. The van der Waals surface area contributed by atoms with Gasteiger partial charge in [0.15, 0.2) is 0 Å². The standard InChI is InChI=1S/C13H13BrF2N2O/c14-11-2-1-3-12(19-13(15)16)10(11)7-18-9-4-8(5-9)6-17/h1-3,8-9,13,18H,4-5,7H2. The molecule has 19 heavy (non-hydrogen) atoms. The zero-order valence-electron chi connectivity index (χ0n) is 10.1. The number of nitrogens with zero attached hydrogens (tertiary/aromatic N) is 1. The Morgan fingerprint density at radius 2 is 2.21 bits per heavy atom. The van der Waals surface area contributed by atoms with Crippen molar-refractivity contribution in [3.63, 3.8) is 0 Å². The Bertz CT molecular complexity index is 484. The van der Waals surface area contributed by atoms with E-state index in [1.54, 1.807) is 12.1 Å². The maximum absolute atomic E-state index is 12.3. The second-order valence-corrected chi connectivity index (χ2v) is 5.32. The number of ether oxygens (including phenoxy) is 1. The molecule has 2 rings (SSSR count). The number of hydrogen-bond acceptors (Lipinski definition) is 3. The summed E-state index contributed by atoms with van der Waals surface area (Å²) in [6.45, 7) is -2.40. The Morgan fingerprint density at radius 3 is 2.84 bits per heavy atom. The number of halogens is 3. The van der Waals surface area contributed by atoms with Crippen LogP contribution in [0, 0.1) is 17.2 Å².